The van der Waals surface area contributed by atoms with Crippen molar-refractivity contribution in [2.45, 2.75) is 25.8 Å². The lowest BCUT2D eigenvalue weighted by molar-refractivity contribution is 0.0934. The van der Waals surface area contributed by atoms with Crippen molar-refractivity contribution in [3.8, 4) is 0 Å². The molecule has 5 heteroatoms. The molecule has 0 heterocycles. The number of alkyl halides is 1. The van der Waals surface area contributed by atoms with Crippen LogP contribution in [0.3, 0.4) is 0 Å². The van der Waals surface area contributed by atoms with Crippen molar-refractivity contribution in [2.75, 3.05) is 5.33 Å². The monoisotopic (exact) mass is 321 g/mol. The van der Waals surface area contributed by atoms with Gasteiger partial charge >= 0.3 is 0 Å². The van der Waals surface area contributed by atoms with E-state index in [1.54, 1.807) is 0 Å². The average Bonchev–Trinajstić information content (AvgIpc) is 2.26. The Balaban J connectivity index is 2.70. The summed E-state index contributed by atoms with van der Waals surface area (Å²) in [5, 5.41) is 3.75. The zero-order valence-electron chi connectivity index (χ0n) is 9.47. The highest BCUT2D eigenvalue weighted by molar-refractivity contribution is 9.09. The van der Waals surface area contributed by atoms with E-state index in [0.29, 0.717) is 0 Å². The Kier molecular flexibility index (Phi) is 5.92. The maximum Gasteiger partial charge on any atom is 0.255 e. The highest BCUT2D eigenvalue weighted by atomic mass is 79.9. The number of hydrogen-bond donors (Lipinski definition) is 1. The second-order valence-electron chi connectivity index (χ2n) is 3.80. The van der Waals surface area contributed by atoms with Crippen molar-refractivity contribution in [1.82, 2.24) is 5.32 Å². The molecule has 2 nitrogen and oxygen atoms in total. The maximum atomic E-state index is 13.5. The fourth-order valence-electron chi connectivity index (χ4n) is 1.47. The van der Waals surface area contributed by atoms with E-state index in [2.05, 4.69) is 21.2 Å². The molecule has 0 radical (unpaired) electrons. The standard InChI is InChI=1S/C12H14BrClFNO/c1-8(4-3-7-13)16-12(17)11-9(14)5-2-6-10(11)15/h2,5-6,8H,3-4,7H2,1H3,(H,16,17). The third-order valence-electron chi connectivity index (χ3n) is 2.34. The molecule has 0 aromatic heterocycles. The van der Waals surface area contributed by atoms with Gasteiger partial charge in [0.1, 0.15) is 5.82 Å². The van der Waals surface area contributed by atoms with E-state index in [1.165, 1.54) is 18.2 Å². The Bertz CT molecular complexity index is 380. The van der Waals surface area contributed by atoms with Crippen LogP contribution in [-0.2, 0) is 0 Å². The lowest BCUT2D eigenvalue weighted by Gasteiger charge is -2.14. The number of halogens is 3. The van der Waals surface area contributed by atoms with E-state index in [9.17, 15) is 9.18 Å². The minimum atomic E-state index is -0.595. The minimum Gasteiger partial charge on any atom is -0.349 e. The molecule has 1 rings (SSSR count). The summed E-state index contributed by atoms with van der Waals surface area (Å²) >= 11 is 9.12. The van der Waals surface area contributed by atoms with Gasteiger partial charge in [-0.05, 0) is 31.9 Å². The summed E-state index contributed by atoms with van der Waals surface area (Å²) in [7, 11) is 0. The second-order valence-corrected chi connectivity index (χ2v) is 5.00. The van der Waals surface area contributed by atoms with Crippen LogP contribution in [0.15, 0.2) is 18.2 Å². The molecule has 0 aliphatic carbocycles. The normalized spacial score (nSPS) is 12.2. The maximum absolute atomic E-state index is 13.5. The molecule has 0 saturated heterocycles. The third-order valence-corrected chi connectivity index (χ3v) is 3.21. The molecule has 1 atom stereocenters. The van der Waals surface area contributed by atoms with Crippen molar-refractivity contribution < 1.29 is 9.18 Å². The van der Waals surface area contributed by atoms with Gasteiger partial charge in [0.2, 0.25) is 0 Å². The van der Waals surface area contributed by atoms with Crippen molar-refractivity contribution >= 4 is 33.4 Å². The van der Waals surface area contributed by atoms with Crippen LogP contribution in [0.1, 0.15) is 30.1 Å². The molecule has 1 unspecified atom stereocenters. The number of rotatable bonds is 5. The minimum absolute atomic E-state index is 0.00396. The van der Waals surface area contributed by atoms with Crippen LogP contribution >= 0.6 is 27.5 Å². The number of benzene rings is 1. The Hall–Kier alpha value is -0.610. The molecule has 17 heavy (non-hydrogen) atoms. The van der Waals surface area contributed by atoms with Crippen molar-refractivity contribution in [3.63, 3.8) is 0 Å². The number of carbonyl (C=O) groups is 1. The first kappa shape index (κ1) is 14.5. The predicted octanol–water partition coefficient (Wildman–Crippen LogP) is 3.77. The van der Waals surface area contributed by atoms with Gasteiger partial charge in [0.05, 0.1) is 10.6 Å². The molecule has 1 aromatic rings. The first-order valence-corrected chi connectivity index (χ1v) is 6.87. The topological polar surface area (TPSA) is 29.1 Å². The SMILES string of the molecule is CC(CCCBr)NC(=O)c1c(F)cccc1Cl. The molecule has 1 N–H and O–H groups in total. The predicted molar refractivity (Wildman–Crippen MR) is 71.4 cm³/mol. The zero-order chi connectivity index (χ0) is 12.8. The van der Waals surface area contributed by atoms with Crippen LogP contribution in [0.2, 0.25) is 5.02 Å². The largest absolute Gasteiger partial charge is 0.349 e. The summed E-state index contributed by atoms with van der Waals surface area (Å²) in [6, 6.07) is 4.20. The number of hydrogen-bond acceptors (Lipinski definition) is 1. The summed E-state index contributed by atoms with van der Waals surface area (Å²) in [5.41, 5.74) is -0.0835. The van der Waals surface area contributed by atoms with Gasteiger partial charge in [0.25, 0.3) is 5.91 Å². The van der Waals surface area contributed by atoms with E-state index in [4.69, 9.17) is 11.6 Å². The molecule has 0 spiro atoms. The van der Waals surface area contributed by atoms with Gasteiger partial charge in [-0.25, -0.2) is 4.39 Å². The molecule has 0 aliphatic rings. The number of carbonyl (C=O) groups excluding carboxylic acids is 1. The second kappa shape index (κ2) is 6.97. The quantitative estimate of drug-likeness (QED) is 0.821. The Morgan fingerprint density at radius 3 is 2.88 bits per heavy atom. The van der Waals surface area contributed by atoms with Gasteiger partial charge in [0, 0.05) is 11.4 Å². The molecule has 0 saturated carbocycles. The van der Waals surface area contributed by atoms with E-state index in [-0.39, 0.29) is 16.6 Å². The van der Waals surface area contributed by atoms with Crippen molar-refractivity contribution in [3.05, 3.63) is 34.6 Å². The summed E-state index contributed by atoms with van der Waals surface area (Å²) in [6.45, 7) is 1.88. The Morgan fingerprint density at radius 1 is 1.59 bits per heavy atom. The van der Waals surface area contributed by atoms with Gasteiger partial charge in [-0.15, -0.1) is 0 Å². The smallest absolute Gasteiger partial charge is 0.255 e. The molecule has 0 fully saturated rings. The Labute approximate surface area is 114 Å². The number of nitrogens with one attached hydrogen (secondary N) is 1. The number of amides is 1. The van der Waals surface area contributed by atoms with Crippen molar-refractivity contribution in [1.29, 1.82) is 0 Å². The fraction of sp³-hybridized carbons (Fsp3) is 0.417. The van der Waals surface area contributed by atoms with E-state index >= 15 is 0 Å². The average molecular weight is 323 g/mol. The molecule has 0 bridgehead atoms. The molecule has 0 aliphatic heterocycles. The van der Waals surface area contributed by atoms with Gasteiger partial charge in [-0.2, -0.15) is 0 Å². The van der Waals surface area contributed by atoms with Gasteiger partial charge in [-0.3, -0.25) is 4.79 Å². The van der Waals surface area contributed by atoms with Crippen LogP contribution in [0, 0.1) is 5.82 Å². The summed E-state index contributed by atoms with van der Waals surface area (Å²) in [4.78, 5) is 11.8. The van der Waals surface area contributed by atoms with E-state index in [0.717, 1.165) is 18.2 Å². The van der Waals surface area contributed by atoms with Crippen LogP contribution in [0.25, 0.3) is 0 Å². The van der Waals surface area contributed by atoms with Crippen LogP contribution in [0.4, 0.5) is 4.39 Å². The van der Waals surface area contributed by atoms with Crippen molar-refractivity contribution in [2.24, 2.45) is 0 Å². The Morgan fingerprint density at radius 2 is 2.29 bits per heavy atom. The first-order chi connectivity index (χ1) is 8.06. The molecular formula is C12H14BrClFNO. The third kappa shape index (κ3) is 4.28. The summed E-state index contributed by atoms with van der Waals surface area (Å²) in [5.74, 6) is -1.06. The fourth-order valence-corrected chi connectivity index (χ4v) is 2.04. The lowest BCUT2D eigenvalue weighted by atomic mass is 10.1. The van der Waals surface area contributed by atoms with Gasteiger partial charge < -0.3 is 5.32 Å². The highest BCUT2D eigenvalue weighted by Crippen LogP contribution is 2.19. The molecule has 94 valence electrons. The van der Waals surface area contributed by atoms with E-state index in [1.807, 2.05) is 6.92 Å². The summed E-state index contributed by atoms with van der Waals surface area (Å²) < 4.78 is 13.5. The van der Waals surface area contributed by atoms with Crippen LogP contribution < -0.4 is 5.32 Å². The van der Waals surface area contributed by atoms with E-state index < -0.39 is 11.7 Å². The lowest BCUT2D eigenvalue weighted by Crippen LogP contribution is -2.33. The van der Waals surface area contributed by atoms with Gasteiger partial charge in [0.15, 0.2) is 0 Å². The highest BCUT2D eigenvalue weighted by Gasteiger charge is 2.17. The van der Waals surface area contributed by atoms with Gasteiger partial charge in [-0.1, -0.05) is 33.6 Å². The molecule has 1 amide bonds. The zero-order valence-corrected chi connectivity index (χ0v) is 11.8. The first-order valence-electron chi connectivity index (χ1n) is 5.37. The molecular weight excluding hydrogens is 308 g/mol. The van der Waals surface area contributed by atoms with Crippen LogP contribution in [0.5, 0.6) is 0 Å². The molecule has 1 aromatic carbocycles. The summed E-state index contributed by atoms with van der Waals surface area (Å²) in [6.07, 6.45) is 1.79. The van der Waals surface area contributed by atoms with Crippen LogP contribution in [-0.4, -0.2) is 17.3 Å².